The van der Waals surface area contributed by atoms with E-state index in [1.54, 1.807) is 6.92 Å². The minimum atomic E-state index is -4.50. The fourth-order valence-corrected chi connectivity index (χ4v) is 4.33. The number of benzene rings is 2. The van der Waals surface area contributed by atoms with E-state index in [0.29, 0.717) is 0 Å². The summed E-state index contributed by atoms with van der Waals surface area (Å²) in [5, 5.41) is 4.34. The Kier molecular flexibility index (Phi) is 7.47. The predicted molar refractivity (Wildman–Crippen MR) is 127 cm³/mol. The van der Waals surface area contributed by atoms with Gasteiger partial charge in [-0.15, -0.1) is 0 Å². The molecule has 1 aromatic heterocycles. The molecule has 0 N–H and O–H groups in total. The van der Waals surface area contributed by atoms with E-state index < -0.39 is 23.6 Å². The molecule has 0 radical (unpaired) electrons. The summed E-state index contributed by atoms with van der Waals surface area (Å²) in [6, 6.07) is 6.48. The predicted octanol–water partition coefficient (Wildman–Crippen LogP) is 6.42. The number of halogens is 6. The SMILES string of the molecule is C[C@H]1CN(c2ccc(C(F)(F)F)cc2)C(=O)c2c(C(=O)Oc3c(Cl)cc(Cl)cc3Cl)cnn21.S. The van der Waals surface area contributed by atoms with Gasteiger partial charge in [-0.25, -0.2) is 4.79 Å². The molecule has 1 aliphatic heterocycles. The number of carbonyl (C=O) groups is 2. The molecule has 4 rings (SSSR count). The number of aromatic nitrogens is 2. The number of alkyl halides is 3. The van der Waals surface area contributed by atoms with Crippen molar-refractivity contribution in [1.82, 2.24) is 9.78 Å². The van der Waals surface area contributed by atoms with E-state index in [9.17, 15) is 22.8 Å². The maximum Gasteiger partial charge on any atom is 0.416 e. The molecule has 13 heteroatoms. The summed E-state index contributed by atoms with van der Waals surface area (Å²) < 4.78 is 45.3. The number of ether oxygens (including phenoxy) is 1. The van der Waals surface area contributed by atoms with Gasteiger partial charge < -0.3 is 9.64 Å². The number of carbonyl (C=O) groups excluding carboxylic acids is 2. The summed E-state index contributed by atoms with van der Waals surface area (Å²) in [7, 11) is 0. The third kappa shape index (κ3) is 4.86. The molecule has 0 saturated carbocycles. The molecule has 1 amide bonds. The fourth-order valence-electron chi connectivity index (χ4n) is 3.44. The number of esters is 1. The van der Waals surface area contributed by atoms with Crippen LogP contribution >= 0.6 is 48.3 Å². The largest absolute Gasteiger partial charge is 0.420 e. The number of hydrogen-bond donors (Lipinski definition) is 0. The van der Waals surface area contributed by atoms with Crippen molar-refractivity contribution in [3.8, 4) is 5.75 Å². The molecule has 34 heavy (non-hydrogen) atoms. The van der Waals surface area contributed by atoms with Crippen LogP contribution in [-0.2, 0) is 6.18 Å². The molecular formula is C21H15Cl3F3N3O3S. The molecular weight excluding hydrogens is 538 g/mol. The lowest BCUT2D eigenvalue weighted by molar-refractivity contribution is -0.137. The van der Waals surface area contributed by atoms with Crippen LogP contribution in [0.4, 0.5) is 18.9 Å². The van der Waals surface area contributed by atoms with Crippen LogP contribution in [0.2, 0.25) is 15.1 Å². The first-order valence-electron chi connectivity index (χ1n) is 9.40. The first-order chi connectivity index (χ1) is 15.5. The summed E-state index contributed by atoms with van der Waals surface area (Å²) in [6.45, 7) is 1.89. The van der Waals surface area contributed by atoms with E-state index in [4.69, 9.17) is 39.5 Å². The third-order valence-electron chi connectivity index (χ3n) is 4.99. The topological polar surface area (TPSA) is 64.4 Å². The van der Waals surface area contributed by atoms with Gasteiger partial charge in [0.05, 0.1) is 27.8 Å². The molecule has 0 spiro atoms. The monoisotopic (exact) mass is 551 g/mol. The van der Waals surface area contributed by atoms with E-state index in [0.717, 1.165) is 12.1 Å². The first kappa shape index (κ1) is 26.2. The van der Waals surface area contributed by atoms with E-state index in [1.165, 1.54) is 40.0 Å². The smallest absolute Gasteiger partial charge is 0.416 e. The molecule has 0 aliphatic carbocycles. The summed E-state index contributed by atoms with van der Waals surface area (Å²) in [5.41, 5.74) is -0.810. The van der Waals surface area contributed by atoms with Crippen LogP contribution in [0.5, 0.6) is 5.75 Å². The number of fused-ring (bicyclic) bond motifs is 1. The molecule has 0 saturated heterocycles. The van der Waals surface area contributed by atoms with Gasteiger partial charge in [0.2, 0.25) is 0 Å². The van der Waals surface area contributed by atoms with E-state index in [1.807, 2.05) is 0 Å². The standard InChI is InChI=1S/C21H13Cl3F3N3O3.H2S/c1-10-9-29(13-4-2-11(3-5-13)21(25,26)27)19(31)17-14(8-28-30(10)17)20(32)33-18-15(23)6-12(22)7-16(18)24;/h2-8,10H,9H2,1H3;1H2/t10-;/m0./s1. The van der Waals surface area contributed by atoms with Gasteiger partial charge in [-0.1, -0.05) is 34.8 Å². The lowest BCUT2D eigenvalue weighted by Gasteiger charge is -2.32. The molecule has 0 bridgehead atoms. The van der Waals surface area contributed by atoms with Gasteiger partial charge in [-0.3, -0.25) is 9.48 Å². The minimum absolute atomic E-state index is 0. The number of anilines is 1. The molecule has 1 aliphatic rings. The second kappa shape index (κ2) is 9.69. The van der Waals surface area contributed by atoms with Crippen molar-refractivity contribution in [2.24, 2.45) is 0 Å². The summed E-state index contributed by atoms with van der Waals surface area (Å²) in [6.07, 6.45) is -3.32. The van der Waals surface area contributed by atoms with Gasteiger partial charge >= 0.3 is 12.1 Å². The van der Waals surface area contributed by atoms with Gasteiger partial charge in [0, 0.05) is 17.3 Å². The number of amides is 1. The second-order valence-corrected chi connectivity index (χ2v) is 8.50. The molecule has 2 heterocycles. The highest BCUT2D eigenvalue weighted by Gasteiger charge is 2.37. The Morgan fingerprint density at radius 2 is 1.71 bits per heavy atom. The Morgan fingerprint density at radius 1 is 1.12 bits per heavy atom. The van der Waals surface area contributed by atoms with Crippen molar-refractivity contribution in [1.29, 1.82) is 0 Å². The van der Waals surface area contributed by atoms with E-state index in [2.05, 4.69) is 5.10 Å². The fraction of sp³-hybridized carbons (Fsp3) is 0.190. The highest BCUT2D eigenvalue weighted by Crippen LogP contribution is 2.37. The summed E-state index contributed by atoms with van der Waals surface area (Å²) in [4.78, 5) is 27.4. The molecule has 0 unspecified atom stereocenters. The Balaban J connectivity index is 0.00000324. The van der Waals surface area contributed by atoms with Gasteiger partial charge in [-0.05, 0) is 43.3 Å². The molecule has 6 nitrogen and oxygen atoms in total. The third-order valence-corrected chi connectivity index (χ3v) is 5.77. The normalized spacial score (nSPS) is 15.6. The van der Waals surface area contributed by atoms with Crippen LogP contribution in [0.1, 0.15) is 39.4 Å². The van der Waals surface area contributed by atoms with E-state index in [-0.39, 0.29) is 63.8 Å². The number of rotatable bonds is 3. The minimum Gasteiger partial charge on any atom is -0.420 e. The van der Waals surface area contributed by atoms with Crippen molar-refractivity contribution < 1.29 is 27.5 Å². The number of hydrogen-bond acceptors (Lipinski definition) is 4. The van der Waals surface area contributed by atoms with Crippen LogP contribution in [0.15, 0.2) is 42.6 Å². The van der Waals surface area contributed by atoms with Gasteiger partial charge in [0.25, 0.3) is 5.91 Å². The van der Waals surface area contributed by atoms with Crippen molar-refractivity contribution in [2.45, 2.75) is 19.1 Å². The van der Waals surface area contributed by atoms with Crippen LogP contribution < -0.4 is 9.64 Å². The molecule has 1 atom stereocenters. The van der Waals surface area contributed by atoms with E-state index >= 15 is 0 Å². The Hall–Kier alpha value is -2.40. The second-order valence-electron chi connectivity index (χ2n) is 7.25. The van der Waals surface area contributed by atoms with Crippen LogP contribution in [-0.4, -0.2) is 28.2 Å². The van der Waals surface area contributed by atoms with Crippen LogP contribution in [0, 0.1) is 0 Å². The maximum absolute atomic E-state index is 13.2. The average molecular weight is 553 g/mol. The summed E-state index contributed by atoms with van der Waals surface area (Å²) in [5.74, 6) is -1.69. The van der Waals surface area contributed by atoms with Crippen molar-refractivity contribution in [2.75, 3.05) is 11.4 Å². The van der Waals surface area contributed by atoms with Crippen molar-refractivity contribution in [3.05, 3.63) is 74.5 Å². The lowest BCUT2D eigenvalue weighted by Crippen LogP contribution is -2.43. The number of nitrogens with zero attached hydrogens (tertiary/aromatic N) is 3. The zero-order valence-corrected chi connectivity index (χ0v) is 20.4. The quantitative estimate of drug-likeness (QED) is 0.278. The van der Waals surface area contributed by atoms with Crippen molar-refractivity contribution in [3.63, 3.8) is 0 Å². The zero-order valence-electron chi connectivity index (χ0n) is 17.2. The summed E-state index contributed by atoms with van der Waals surface area (Å²) >= 11 is 18.0. The van der Waals surface area contributed by atoms with Gasteiger partial charge in [0.15, 0.2) is 5.75 Å². The lowest BCUT2D eigenvalue weighted by atomic mass is 10.1. The zero-order chi connectivity index (χ0) is 24.1. The van der Waals surface area contributed by atoms with Crippen molar-refractivity contribution >= 4 is 65.9 Å². The van der Waals surface area contributed by atoms with Crippen LogP contribution in [0.25, 0.3) is 0 Å². The van der Waals surface area contributed by atoms with Crippen LogP contribution in [0.3, 0.4) is 0 Å². The molecule has 0 fully saturated rings. The average Bonchev–Trinajstić information content (AvgIpc) is 3.19. The Morgan fingerprint density at radius 3 is 2.26 bits per heavy atom. The highest BCUT2D eigenvalue weighted by molar-refractivity contribution is 7.59. The molecule has 180 valence electrons. The van der Waals surface area contributed by atoms with Gasteiger partial charge in [0.1, 0.15) is 11.3 Å². The Labute approximate surface area is 213 Å². The molecule has 3 aromatic rings. The van der Waals surface area contributed by atoms with Gasteiger partial charge in [-0.2, -0.15) is 31.8 Å². The first-order valence-corrected chi connectivity index (χ1v) is 10.5. The highest BCUT2D eigenvalue weighted by atomic mass is 35.5. The molecule has 2 aromatic carbocycles. The maximum atomic E-state index is 13.2. The Bertz CT molecular complexity index is 1240.